The quantitative estimate of drug-likeness (QED) is 0.652. The Bertz CT molecular complexity index is 205. The monoisotopic (exact) mass is 258 g/mol. The Morgan fingerprint density at radius 1 is 1.22 bits per heavy atom. The molecule has 0 aliphatic heterocycles. The summed E-state index contributed by atoms with van der Waals surface area (Å²) in [6.07, 6.45) is 0. The van der Waals surface area contributed by atoms with E-state index in [0.29, 0.717) is 11.5 Å². The Morgan fingerprint density at radius 3 is 2.28 bits per heavy atom. The standard InChI is InChI=1S/C15H34N2O/c1-8-17(14(4)10-18-7)12-15(5,6)11-16-9-13(2)3/h13-14,16H,8-12H2,1-7H3. The maximum atomic E-state index is 5.26. The van der Waals surface area contributed by atoms with Gasteiger partial charge in [0, 0.05) is 26.2 Å². The van der Waals surface area contributed by atoms with Gasteiger partial charge >= 0.3 is 0 Å². The van der Waals surface area contributed by atoms with Gasteiger partial charge in [0.05, 0.1) is 6.61 Å². The van der Waals surface area contributed by atoms with E-state index in [4.69, 9.17) is 4.74 Å². The smallest absolute Gasteiger partial charge is 0.0615 e. The van der Waals surface area contributed by atoms with Gasteiger partial charge in [0.2, 0.25) is 0 Å². The van der Waals surface area contributed by atoms with E-state index in [9.17, 15) is 0 Å². The number of nitrogens with one attached hydrogen (secondary N) is 1. The van der Waals surface area contributed by atoms with Crippen molar-refractivity contribution in [3.05, 3.63) is 0 Å². The molecule has 0 aliphatic carbocycles. The molecule has 18 heavy (non-hydrogen) atoms. The number of methoxy groups -OCH3 is 1. The van der Waals surface area contributed by atoms with E-state index < -0.39 is 0 Å². The van der Waals surface area contributed by atoms with Crippen molar-refractivity contribution >= 4 is 0 Å². The average molecular weight is 258 g/mol. The van der Waals surface area contributed by atoms with Crippen LogP contribution < -0.4 is 5.32 Å². The molecule has 0 aromatic carbocycles. The summed E-state index contributed by atoms with van der Waals surface area (Å²) in [6.45, 7) is 18.8. The maximum absolute atomic E-state index is 5.26. The molecule has 0 fully saturated rings. The van der Waals surface area contributed by atoms with Gasteiger partial charge < -0.3 is 10.1 Å². The minimum absolute atomic E-state index is 0.299. The van der Waals surface area contributed by atoms with Crippen molar-refractivity contribution in [3.8, 4) is 0 Å². The number of rotatable bonds is 10. The van der Waals surface area contributed by atoms with E-state index in [0.717, 1.165) is 38.7 Å². The average Bonchev–Trinajstić information content (AvgIpc) is 2.25. The summed E-state index contributed by atoms with van der Waals surface area (Å²) in [6, 6.07) is 0.490. The minimum Gasteiger partial charge on any atom is -0.383 e. The summed E-state index contributed by atoms with van der Waals surface area (Å²) in [7, 11) is 1.78. The molecule has 0 aromatic heterocycles. The highest BCUT2D eigenvalue weighted by Crippen LogP contribution is 2.17. The Morgan fingerprint density at radius 2 is 1.83 bits per heavy atom. The fraction of sp³-hybridized carbons (Fsp3) is 1.00. The fourth-order valence-corrected chi connectivity index (χ4v) is 2.23. The van der Waals surface area contributed by atoms with Crippen LogP contribution in [0.5, 0.6) is 0 Å². The molecule has 3 heteroatoms. The van der Waals surface area contributed by atoms with Crippen molar-refractivity contribution < 1.29 is 4.74 Å². The van der Waals surface area contributed by atoms with Crippen LogP contribution in [-0.4, -0.2) is 50.8 Å². The molecule has 0 rings (SSSR count). The fourth-order valence-electron chi connectivity index (χ4n) is 2.23. The van der Waals surface area contributed by atoms with E-state index in [1.807, 2.05) is 0 Å². The number of ether oxygens (including phenoxy) is 1. The Hall–Kier alpha value is -0.120. The largest absolute Gasteiger partial charge is 0.383 e. The van der Waals surface area contributed by atoms with Gasteiger partial charge in [0.1, 0.15) is 0 Å². The van der Waals surface area contributed by atoms with Crippen LogP contribution in [0.15, 0.2) is 0 Å². The Labute approximate surface area is 114 Å². The van der Waals surface area contributed by atoms with Gasteiger partial charge in [-0.25, -0.2) is 0 Å². The molecular weight excluding hydrogens is 224 g/mol. The number of likely N-dealkylation sites (N-methyl/N-ethyl adjacent to an activating group) is 1. The topological polar surface area (TPSA) is 24.5 Å². The molecule has 110 valence electrons. The molecule has 0 heterocycles. The van der Waals surface area contributed by atoms with Crippen molar-refractivity contribution in [1.82, 2.24) is 10.2 Å². The zero-order chi connectivity index (χ0) is 14.2. The van der Waals surface area contributed by atoms with Crippen LogP contribution in [0.4, 0.5) is 0 Å². The summed E-state index contributed by atoms with van der Waals surface area (Å²) in [5.74, 6) is 0.718. The number of hydrogen-bond acceptors (Lipinski definition) is 3. The van der Waals surface area contributed by atoms with Gasteiger partial charge in [0.25, 0.3) is 0 Å². The van der Waals surface area contributed by atoms with E-state index in [1.54, 1.807) is 7.11 Å². The van der Waals surface area contributed by atoms with Crippen LogP contribution >= 0.6 is 0 Å². The summed E-state index contributed by atoms with van der Waals surface area (Å²) in [5, 5.41) is 3.57. The highest BCUT2D eigenvalue weighted by Gasteiger charge is 2.23. The molecule has 0 aliphatic rings. The van der Waals surface area contributed by atoms with Crippen LogP contribution in [0.3, 0.4) is 0 Å². The van der Waals surface area contributed by atoms with E-state index in [1.165, 1.54) is 0 Å². The first-order chi connectivity index (χ1) is 8.32. The van der Waals surface area contributed by atoms with Gasteiger partial charge in [-0.1, -0.05) is 34.6 Å². The van der Waals surface area contributed by atoms with E-state index in [2.05, 4.69) is 51.8 Å². The lowest BCUT2D eigenvalue weighted by atomic mass is 9.92. The molecule has 1 unspecified atom stereocenters. The molecule has 0 saturated heterocycles. The molecule has 0 radical (unpaired) electrons. The highest BCUT2D eigenvalue weighted by molar-refractivity contribution is 4.78. The molecule has 0 spiro atoms. The molecule has 1 atom stereocenters. The van der Waals surface area contributed by atoms with Crippen LogP contribution in [-0.2, 0) is 4.74 Å². The Kier molecular flexibility index (Phi) is 8.83. The first kappa shape index (κ1) is 17.9. The lowest BCUT2D eigenvalue weighted by molar-refractivity contribution is 0.0753. The third kappa shape index (κ3) is 8.06. The van der Waals surface area contributed by atoms with Crippen LogP contribution in [0.25, 0.3) is 0 Å². The first-order valence-electron chi connectivity index (χ1n) is 7.26. The minimum atomic E-state index is 0.299. The molecule has 1 N–H and O–H groups in total. The predicted molar refractivity (Wildman–Crippen MR) is 80.1 cm³/mol. The summed E-state index contributed by atoms with van der Waals surface area (Å²) in [5.41, 5.74) is 0.299. The van der Waals surface area contributed by atoms with Gasteiger partial charge in [-0.05, 0) is 31.3 Å². The van der Waals surface area contributed by atoms with Crippen LogP contribution in [0, 0.1) is 11.3 Å². The van der Waals surface area contributed by atoms with Crippen molar-refractivity contribution in [2.24, 2.45) is 11.3 Å². The lowest BCUT2D eigenvalue weighted by Crippen LogP contribution is -2.45. The molecule has 0 aromatic rings. The zero-order valence-electron chi connectivity index (χ0n) is 13.5. The van der Waals surface area contributed by atoms with Gasteiger partial charge in [-0.3, -0.25) is 4.90 Å². The van der Waals surface area contributed by atoms with Crippen molar-refractivity contribution in [2.75, 3.05) is 39.9 Å². The van der Waals surface area contributed by atoms with Gasteiger partial charge in [-0.15, -0.1) is 0 Å². The SMILES string of the molecule is CCN(CC(C)(C)CNCC(C)C)C(C)COC. The van der Waals surface area contributed by atoms with E-state index >= 15 is 0 Å². The second-order valence-electron chi connectivity index (χ2n) is 6.56. The zero-order valence-corrected chi connectivity index (χ0v) is 13.5. The molecule has 0 saturated carbocycles. The van der Waals surface area contributed by atoms with Gasteiger partial charge in [0.15, 0.2) is 0 Å². The summed E-state index contributed by atoms with van der Waals surface area (Å²) < 4.78 is 5.26. The van der Waals surface area contributed by atoms with Crippen LogP contribution in [0.2, 0.25) is 0 Å². The molecule has 3 nitrogen and oxygen atoms in total. The summed E-state index contributed by atoms with van der Waals surface area (Å²) in [4.78, 5) is 2.50. The van der Waals surface area contributed by atoms with Crippen LogP contribution in [0.1, 0.15) is 41.5 Å². The number of hydrogen-bond donors (Lipinski definition) is 1. The highest BCUT2D eigenvalue weighted by atomic mass is 16.5. The normalized spacial score (nSPS) is 14.5. The second-order valence-corrected chi connectivity index (χ2v) is 6.56. The summed E-state index contributed by atoms with van der Waals surface area (Å²) >= 11 is 0. The predicted octanol–water partition coefficient (Wildman–Crippen LogP) is 2.62. The second kappa shape index (κ2) is 8.89. The molecule has 0 amide bonds. The molecular formula is C15H34N2O. The third-order valence-electron chi connectivity index (χ3n) is 3.22. The maximum Gasteiger partial charge on any atom is 0.0615 e. The van der Waals surface area contributed by atoms with E-state index in [-0.39, 0.29) is 0 Å². The first-order valence-corrected chi connectivity index (χ1v) is 7.26. The Balaban J connectivity index is 4.16. The molecule has 0 bridgehead atoms. The number of nitrogens with zero attached hydrogens (tertiary/aromatic N) is 1. The van der Waals surface area contributed by atoms with Crippen molar-refractivity contribution in [2.45, 2.75) is 47.6 Å². The van der Waals surface area contributed by atoms with Crippen molar-refractivity contribution in [3.63, 3.8) is 0 Å². The lowest BCUT2D eigenvalue weighted by Gasteiger charge is -2.36. The third-order valence-corrected chi connectivity index (χ3v) is 3.22. The van der Waals surface area contributed by atoms with Gasteiger partial charge in [-0.2, -0.15) is 0 Å². The van der Waals surface area contributed by atoms with Crippen molar-refractivity contribution in [1.29, 1.82) is 0 Å².